The lowest BCUT2D eigenvalue weighted by Gasteiger charge is -2.17. The number of rotatable bonds is 6. The third-order valence-corrected chi connectivity index (χ3v) is 3.17. The largest absolute Gasteiger partial charge is 0.497 e. The SMILES string of the molecule is COc1ccc(C(COc2cccc(Cl)c2)NN)cc1. The molecule has 0 heterocycles. The summed E-state index contributed by atoms with van der Waals surface area (Å²) < 4.78 is 10.8. The first-order valence-corrected chi connectivity index (χ1v) is 6.59. The summed E-state index contributed by atoms with van der Waals surface area (Å²) in [5.74, 6) is 7.10. The topological polar surface area (TPSA) is 56.5 Å². The third kappa shape index (κ3) is 3.87. The molecule has 5 heteroatoms. The number of methoxy groups -OCH3 is 1. The molecule has 0 saturated heterocycles. The maximum atomic E-state index is 5.91. The van der Waals surface area contributed by atoms with Crippen molar-refractivity contribution in [3.05, 3.63) is 59.1 Å². The maximum Gasteiger partial charge on any atom is 0.120 e. The molecule has 0 aliphatic rings. The van der Waals surface area contributed by atoms with E-state index in [-0.39, 0.29) is 6.04 Å². The van der Waals surface area contributed by atoms with Gasteiger partial charge in [0.1, 0.15) is 18.1 Å². The first-order chi connectivity index (χ1) is 9.72. The zero-order valence-electron chi connectivity index (χ0n) is 11.2. The zero-order valence-corrected chi connectivity index (χ0v) is 11.9. The summed E-state index contributed by atoms with van der Waals surface area (Å²) in [6.45, 7) is 0.406. The third-order valence-electron chi connectivity index (χ3n) is 2.93. The van der Waals surface area contributed by atoms with Crippen LogP contribution in [0.2, 0.25) is 5.02 Å². The lowest BCUT2D eigenvalue weighted by Crippen LogP contribution is -2.32. The van der Waals surface area contributed by atoms with Crippen molar-refractivity contribution in [2.24, 2.45) is 5.84 Å². The Bertz CT molecular complexity index is 546. The molecule has 2 aromatic carbocycles. The second-order valence-corrected chi connectivity index (χ2v) is 4.70. The Labute approximate surface area is 123 Å². The number of halogens is 1. The number of hydrazine groups is 1. The summed E-state index contributed by atoms with van der Waals surface area (Å²) in [5, 5.41) is 0.643. The lowest BCUT2D eigenvalue weighted by atomic mass is 10.1. The van der Waals surface area contributed by atoms with Gasteiger partial charge in [0.2, 0.25) is 0 Å². The van der Waals surface area contributed by atoms with Crippen molar-refractivity contribution in [2.45, 2.75) is 6.04 Å². The van der Waals surface area contributed by atoms with Crippen LogP contribution in [0.25, 0.3) is 0 Å². The minimum atomic E-state index is -0.111. The van der Waals surface area contributed by atoms with E-state index in [0.29, 0.717) is 17.4 Å². The molecule has 4 nitrogen and oxygen atoms in total. The molecule has 0 aliphatic carbocycles. The second kappa shape index (κ2) is 7.14. The van der Waals surface area contributed by atoms with Crippen LogP contribution in [0, 0.1) is 0 Å². The van der Waals surface area contributed by atoms with E-state index < -0.39 is 0 Å². The quantitative estimate of drug-likeness (QED) is 0.635. The molecule has 1 unspecified atom stereocenters. The second-order valence-electron chi connectivity index (χ2n) is 4.26. The van der Waals surface area contributed by atoms with Gasteiger partial charge in [0.15, 0.2) is 0 Å². The van der Waals surface area contributed by atoms with Gasteiger partial charge < -0.3 is 9.47 Å². The number of nitrogens with two attached hydrogens (primary N) is 1. The Kier molecular flexibility index (Phi) is 5.24. The van der Waals surface area contributed by atoms with Crippen LogP contribution in [0.1, 0.15) is 11.6 Å². The monoisotopic (exact) mass is 292 g/mol. The Morgan fingerprint density at radius 2 is 1.90 bits per heavy atom. The Morgan fingerprint density at radius 1 is 1.15 bits per heavy atom. The molecule has 0 aromatic heterocycles. The van der Waals surface area contributed by atoms with Crippen molar-refractivity contribution in [1.82, 2.24) is 5.43 Å². The average Bonchev–Trinajstić information content (AvgIpc) is 2.48. The van der Waals surface area contributed by atoms with Crippen LogP contribution in [0.3, 0.4) is 0 Å². The van der Waals surface area contributed by atoms with Gasteiger partial charge in [-0.25, -0.2) is 5.43 Å². The predicted octanol–water partition coefficient (Wildman–Crippen LogP) is 2.93. The summed E-state index contributed by atoms with van der Waals surface area (Å²) in [7, 11) is 1.63. The number of hydrogen-bond acceptors (Lipinski definition) is 4. The van der Waals surface area contributed by atoms with Crippen LogP contribution in [0.5, 0.6) is 11.5 Å². The molecular formula is C15H17ClN2O2. The van der Waals surface area contributed by atoms with Crippen LogP contribution in [-0.2, 0) is 0 Å². The Hall–Kier alpha value is -1.75. The highest BCUT2D eigenvalue weighted by molar-refractivity contribution is 6.30. The molecule has 2 aromatic rings. The van der Waals surface area contributed by atoms with Gasteiger partial charge in [0, 0.05) is 5.02 Å². The molecule has 20 heavy (non-hydrogen) atoms. The molecule has 1 atom stereocenters. The summed E-state index contributed by atoms with van der Waals surface area (Å²) in [4.78, 5) is 0. The van der Waals surface area contributed by atoms with Gasteiger partial charge in [-0.15, -0.1) is 0 Å². The molecule has 0 spiro atoms. The molecule has 2 rings (SSSR count). The molecule has 3 N–H and O–H groups in total. The van der Waals surface area contributed by atoms with E-state index in [0.717, 1.165) is 11.3 Å². The summed E-state index contributed by atoms with van der Waals surface area (Å²) >= 11 is 5.91. The van der Waals surface area contributed by atoms with Crippen LogP contribution < -0.4 is 20.7 Å². The first kappa shape index (κ1) is 14.7. The Balaban J connectivity index is 2.01. The lowest BCUT2D eigenvalue weighted by molar-refractivity contribution is 0.267. The summed E-state index contributed by atoms with van der Waals surface area (Å²) in [6, 6.07) is 14.8. The smallest absolute Gasteiger partial charge is 0.120 e. The van der Waals surface area contributed by atoms with Crippen molar-refractivity contribution in [3.63, 3.8) is 0 Å². The van der Waals surface area contributed by atoms with Gasteiger partial charge in [-0.3, -0.25) is 5.84 Å². The molecule has 0 saturated carbocycles. The van der Waals surface area contributed by atoms with E-state index in [9.17, 15) is 0 Å². The molecule has 106 valence electrons. The maximum absolute atomic E-state index is 5.91. The minimum absolute atomic E-state index is 0.111. The molecule has 0 aliphatic heterocycles. The molecule has 0 amide bonds. The zero-order chi connectivity index (χ0) is 14.4. The molecular weight excluding hydrogens is 276 g/mol. The van der Waals surface area contributed by atoms with Crippen molar-refractivity contribution in [3.8, 4) is 11.5 Å². The number of benzene rings is 2. The van der Waals surface area contributed by atoms with Crippen LogP contribution in [-0.4, -0.2) is 13.7 Å². The van der Waals surface area contributed by atoms with Gasteiger partial charge in [0.05, 0.1) is 13.2 Å². The fourth-order valence-electron chi connectivity index (χ4n) is 1.81. The van der Waals surface area contributed by atoms with Crippen molar-refractivity contribution < 1.29 is 9.47 Å². The first-order valence-electron chi connectivity index (χ1n) is 6.21. The molecule has 0 radical (unpaired) electrons. The van der Waals surface area contributed by atoms with Crippen LogP contribution in [0.15, 0.2) is 48.5 Å². The van der Waals surface area contributed by atoms with Crippen molar-refractivity contribution in [1.29, 1.82) is 0 Å². The van der Waals surface area contributed by atoms with Crippen LogP contribution in [0.4, 0.5) is 0 Å². The van der Waals surface area contributed by atoms with E-state index in [1.54, 1.807) is 19.2 Å². The van der Waals surface area contributed by atoms with Gasteiger partial charge in [0.25, 0.3) is 0 Å². The molecule has 0 bridgehead atoms. The normalized spacial score (nSPS) is 11.9. The Morgan fingerprint density at radius 3 is 2.50 bits per heavy atom. The summed E-state index contributed by atoms with van der Waals surface area (Å²) in [5.41, 5.74) is 3.77. The van der Waals surface area contributed by atoms with Crippen LogP contribution >= 0.6 is 11.6 Å². The van der Waals surface area contributed by atoms with Crippen molar-refractivity contribution in [2.75, 3.05) is 13.7 Å². The van der Waals surface area contributed by atoms with Gasteiger partial charge >= 0.3 is 0 Å². The molecule has 0 fully saturated rings. The van der Waals surface area contributed by atoms with Gasteiger partial charge in [-0.05, 0) is 35.9 Å². The van der Waals surface area contributed by atoms with Gasteiger partial charge in [-0.1, -0.05) is 29.8 Å². The number of nitrogens with one attached hydrogen (secondary N) is 1. The van der Waals surface area contributed by atoms with E-state index in [1.807, 2.05) is 36.4 Å². The fraction of sp³-hybridized carbons (Fsp3) is 0.200. The summed E-state index contributed by atoms with van der Waals surface area (Å²) in [6.07, 6.45) is 0. The number of hydrogen-bond donors (Lipinski definition) is 2. The standard InChI is InChI=1S/C15H17ClN2O2/c1-19-13-7-5-11(6-8-13)15(18-17)10-20-14-4-2-3-12(16)9-14/h2-9,15,18H,10,17H2,1H3. The van der Waals surface area contributed by atoms with E-state index in [1.165, 1.54) is 0 Å². The van der Waals surface area contributed by atoms with E-state index >= 15 is 0 Å². The highest BCUT2D eigenvalue weighted by Gasteiger charge is 2.10. The van der Waals surface area contributed by atoms with Gasteiger partial charge in [-0.2, -0.15) is 0 Å². The van der Waals surface area contributed by atoms with E-state index in [4.69, 9.17) is 26.9 Å². The number of ether oxygens (including phenoxy) is 2. The highest BCUT2D eigenvalue weighted by atomic mass is 35.5. The minimum Gasteiger partial charge on any atom is -0.497 e. The average molecular weight is 293 g/mol. The predicted molar refractivity (Wildman–Crippen MR) is 80.0 cm³/mol. The van der Waals surface area contributed by atoms with Crippen molar-refractivity contribution >= 4 is 11.6 Å². The fourth-order valence-corrected chi connectivity index (χ4v) is 1.99. The van der Waals surface area contributed by atoms with E-state index in [2.05, 4.69) is 5.43 Å². The highest BCUT2D eigenvalue weighted by Crippen LogP contribution is 2.21.